The Hall–Kier alpha value is -1.26. The Balaban J connectivity index is 2.26. The van der Waals surface area contributed by atoms with E-state index in [0.29, 0.717) is 6.04 Å². The van der Waals surface area contributed by atoms with Gasteiger partial charge >= 0.3 is 0 Å². The second-order valence-electron chi connectivity index (χ2n) is 4.47. The maximum absolute atomic E-state index is 4.47. The lowest BCUT2D eigenvalue weighted by Gasteiger charge is -2.19. The van der Waals surface area contributed by atoms with E-state index >= 15 is 0 Å². The number of rotatable bonds is 7. The summed E-state index contributed by atoms with van der Waals surface area (Å²) in [6.45, 7) is 3.23. The highest BCUT2D eigenvalue weighted by molar-refractivity contribution is 7.98. The quantitative estimate of drug-likeness (QED) is 0.841. The summed E-state index contributed by atoms with van der Waals surface area (Å²) in [4.78, 5) is 0. The largest absolute Gasteiger partial charge is 0.308 e. The van der Waals surface area contributed by atoms with Crippen molar-refractivity contribution in [3.63, 3.8) is 0 Å². The van der Waals surface area contributed by atoms with Crippen LogP contribution < -0.4 is 5.32 Å². The van der Waals surface area contributed by atoms with Gasteiger partial charge in [-0.1, -0.05) is 25.1 Å². The Labute approximate surface area is 119 Å². The molecule has 19 heavy (non-hydrogen) atoms. The van der Waals surface area contributed by atoms with Gasteiger partial charge in [-0.2, -0.15) is 16.9 Å². The van der Waals surface area contributed by atoms with Crippen LogP contribution in [0.1, 0.15) is 25.1 Å². The maximum atomic E-state index is 4.47. The molecule has 0 bridgehead atoms. The molecular formula is C15H21N3S. The van der Waals surface area contributed by atoms with Crippen molar-refractivity contribution in [1.29, 1.82) is 0 Å². The van der Waals surface area contributed by atoms with Crippen molar-refractivity contribution >= 4 is 11.8 Å². The smallest absolute Gasteiger partial charge is 0.0649 e. The molecule has 1 aromatic carbocycles. The van der Waals surface area contributed by atoms with E-state index in [2.05, 4.69) is 41.8 Å². The Bertz CT molecular complexity index is 481. The number of aromatic nitrogens is 2. The van der Waals surface area contributed by atoms with Crippen LogP contribution in [0.4, 0.5) is 0 Å². The van der Waals surface area contributed by atoms with Crippen LogP contribution in [-0.2, 0) is 0 Å². The van der Waals surface area contributed by atoms with Crippen molar-refractivity contribution in [3.05, 3.63) is 48.3 Å². The summed E-state index contributed by atoms with van der Waals surface area (Å²) in [5.41, 5.74) is 2.35. The van der Waals surface area contributed by atoms with E-state index in [9.17, 15) is 0 Å². The normalized spacial score (nSPS) is 12.5. The van der Waals surface area contributed by atoms with Gasteiger partial charge in [0.15, 0.2) is 0 Å². The van der Waals surface area contributed by atoms with Gasteiger partial charge in [-0.25, -0.2) is 4.68 Å². The molecule has 0 fully saturated rings. The summed E-state index contributed by atoms with van der Waals surface area (Å²) in [5.74, 6) is 1.05. The fourth-order valence-corrected chi connectivity index (χ4v) is 2.72. The zero-order valence-electron chi connectivity index (χ0n) is 11.5. The second-order valence-corrected chi connectivity index (χ2v) is 5.38. The minimum Gasteiger partial charge on any atom is -0.308 e. The van der Waals surface area contributed by atoms with Crippen molar-refractivity contribution in [1.82, 2.24) is 15.1 Å². The van der Waals surface area contributed by atoms with Crippen LogP contribution in [0, 0.1) is 0 Å². The van der Waals surface area contributed by atoms with Gasteiger partial charge in [-0.15, -0.1) is 0 Å². The zero-order valence-corrected chi connectivity index (χ0v) is 12.4. The van der Waals surface area contributed by atoms with Gasteiger partial charge < -0.3 is 5.32 Å². The molecule has 102 valence electrons. The third kappa shape index (κ3) is 3.61. The fraction of sp³-hybridized carbons (Fsp3) is 0.400. The summed E-state index contributed by atoms with van der Waals surface area (Å²) in [6, 6.07) is 12.8. The van der Waals surface area contributed by atoms with Crippen LogP contribution in [0.5, 0.6) is 0 Å². The zero-order chi connectivity index (χ0) is 13.5. The van der Waals surface area contributed by atoms with E-state index in [4.69, 9.17) is 0 Å². The molecule has 0 aliphatic heterocycles. The van der Waals surface area contributed by atoms with Crippen LogP contribution in [0.3, 0.4) is 0 Å². The molecule has 1 aromatic heterocycles. The Morgan fingerprint density at radius 3 is 2.74 bits per heavy atom. The first-order valence-electron chi connectivity index (χ1n) is 6.68. The minimum atomic E-state index is 0.345. The molecule has 3 nitrogen and oxygen atoms in total. The molecular weight excluding hydrogens is 254 g/mol. The van der Waals surface area contributed by atoms with E-state index in [1.807, 2.05) is 40.8 Å². The second kappa shape index (κ2) is 7.36. The van der Waals surface area contributed by atoms with Crippen LogP contribution in [0.2, 0.25) is 0 Å². The number of hydrogen-bond donors (Lipinski definition) is 1. The number of para-hydroxylation sites is 1. The molecule has 0 radical (unpaired) electrons. The van der Waals surface area contributed by atoms with E-state index in [-0.39, 0.29) is 0 Å². The average molecular weight is 275 g/mol. The minimum absolute atomic E-state index is 0.345. The first kappa shape index (κ1) is 14.2. The van der Waals surface area contributed by atoms with Crippen molar-refractivity contribution in [2.24, 2.45) is 0 Å². The van der Waals surface area contributed by atoms with Gasteiger partial charge in [0.2, 0.25) is 0 Å². The van der Waals surface area contributed by atoms with Crippen LogP contribution in [0.25, 0.3) is 5.69 Å². The lowest BCUT2D eigenvalue weighted by atomic mass is 10.2. The van der Waals surface area contributed by atoms with E-state index in [1.54, 1.807) is 0 Å². The molecule has 1 unspecified atom stereocenters. The SMILES string of the molecule is CCCNC(CSC)c1ccnn1-c1ccccc1. The lowest BCUT2D eigenvalue weighted by Crippen LogP contribution is -2.26. The number of nitrogens with one attached hydrogen (secondary N) is 1. The van der Waals surface area contributed by atoms with Gasteiger partial charge in [-0.05, 0) is 37.4 Å². The number of benzene rings is 1. The Kier molecular flexibility index (Phi) is 5.48. The molecule has 0 saturated heterocycles. The molecule has 2 aromatic rings. The van der Waals surface area contributed by atoms with Crippen molar-refractivity contribution in [3.8, 4) is 5.69 Å². The molecule has 0 aliphatic rings. The molecule has 0 amide bonds. The molecule has 0 aliphatic carbocycles. The van der Waals surface area contributed by atoms with Crippen molar-refractivity contribution in [2.75, 3.05) is 18.6 Å². The predicted molar refractivity (Wildman–Crippen MR) is 83.0 cm³/mol. The third-order valence-electron chi connectivity index (χ3n) is 3.00. The van der Waals surface area contributed by atoms with Gasteiger partial charge in [-0.3, -0.25) is 0 Å². The topological polar surface area (TPSA) is 29.9 Å². The third-order valence-corrected chi connectivity index (χ3v) is 3.67. The first-order chi connectivity index (χ1) is 9.36. The molecule has 2 rings (SSSR count). The van der Waals surface area contributed by atoms with Gasteiger partial charge in [0, 0.05) is 11.9 Å². The Morgan fingerprint density at radius 2 is 2.05 bits per heavy atom. The molecule has 1 N–H and O–H groups in total. The molecule has 1 heterocycles. The molecule has 0 saturated carbocycles. The lowest BCUT2D eigenvalue weighted by molar-refractivity contribution is 0.550. The standard InChI is InChI=1S/C15H21N3S/c1-3-10-16-14(12-19-2)15-9-11-17-18(15)13-7-5-4-6-8-13/h4-9,11,14,16H,3,10,12H2,1-2H3. The summed E-state index contributed by atoms with van der Waals surface area (Å²) in [7, 11) is 0. The van der Waals surface area contributed by atoms with Crippen molar-refractivity contribution in [2.45, 2.75) is 19.4 Å². The molecule has 0 spiro atoms. The molecule has 1 atom stereocenters. The summed E-state index contributed by atoms with van der Waals surface area (Å²) in [6.07, 6.45) is 5.16. The van der Waals surface area contributed by atoms with Crippen molar-refractivity contribution < 1.29 is 0 Å². The summed E-state index contributed by atoms with van der Waals surface area (Å²) < 4.78 is 2.03. The predicted octanol–water partition coefficient (Wildman–Crippen LogP) is 3.28. The highest BCUT2D eigenvalue weighted by Crippen LogP contribution is 2.20. The average Bonchev–Trinajstić information content (AvgIpc) is 2.93. The van der Waals surface area contributed by atoms with E-state index in [0.717, 1.165) is 24.4 Å². The number of nitrogens with zero attached hydrogens (tertiary/aromatic N) is 2. The van der Waals surface area contributed by atoms with Crippen LogP contribution in [-0.4, -0.2) is 28.3 Å². The first-order valence-corrected chi connectivity index (χ1v) is 8.08. The highest BCUT2D eigenvalue weighted by atomic mass is 32.2. The summed E-state index contributed by atoms with van der Waals surface area (Å²) >= 11 is 1.86. The Morgan fingerprint density at radius 1 is 1.26 bits per heavy atom. The van der Waals surface area contributed by atoms with E-state index in [1.165, 1.54) is 5.69 Å². The van der Waals surface area contributed by atoms with Gasteiger partial charge in [0.25, 0.3) is 0 Å². The van der Waals surface area contributed by atoms with Crippen LogP contribution >= 0.6 is 11.8 Å². The highest BCUT2D eigenvalue weighted by Gasteiger charge is 2.15. The maximum Gasteiger partial charge on any atom is 0.0649 e. The van der Waals surface area contributed by atoms with Gasteiger partial charge in [0.1, 0.15) is 0 Å². The van der Waals surface area contributed by atoms with Crippen LogP contribution in [0.15, 0.2) is 42.6 Å². The van der Waals surface area contributed by atoms with Gasteiger partial charge in [0.05, 0.1) is 17.4 Å². The monoisotopic (exact) mass is 275 g/mol. The molecule has 4 heteroatoms. The number of hydrogen-bond acceptors (Lipinski definition) is 3. The number of thioether (sulfide) groups is 1. The summed E-state index contributed by atoms with van der Waals surface area (Å²) in [5, 5.41) is 8.07. The fourth-order valence-electron chi connectivity index (χ4n) is 2.10. The van der Waals surface area contributed by atoms with E-state index < -0.39 is 0 Å².